The van der Waals surface area contributed by atoms with Crippen molar-refractivity contribution in [3.8, 4) is 0 Å². The number of rotatable bonds is 5. The fourth-order valence-electron chi connectivity index (χ4n) is 3.09. The highest BCUT2D eigenvalue weighted by Crippen LogP contribution is 2.36. The van der Waals surface area contributed by atoms with Crippen molar-refractivity contribution in [3.63, 3.8) is 0 Å². The van der Waals surface area contributed by atoms with Gasteiger partial charge in [-0.2, -0.15) is 9.40 Å². The number of aromatic nitrogens is 2. The molecule has 0 saturated carbocycles. The van der Waals surface area contributed by atoms with Crippen molar-refractivity contribution >= 4 is 15.7 Å². The molecule has 9 heteroatoms. The second kappa shape index (κ2) is 6.33. The molecule has 128 valence electrons. The molecule has 1 aromatic heterocycles. The van der Waals surface area contributed by atoms with Crippen LogP contribution in [0.5, 0.6) is 0 Å². The van der Waals surface area contributed by atoms with Crippen molar-refractivity contribution in [2.24, 2.45) is 0 Å². The van der Waals surface area contributed by atoms with E-state index in [4.69, 9.17) is 0 Å². The fourth-order valence-corrected chi connectivity index (χ4v) is 4.76. The van der Waals surface area contributed by atoms with Crippen molar-refractivity contribution in [1.29, 1.82) is 0 Å². The molecule has 1 saturated heterocycles. The Morgan fingerprint density at radius 3 is 2.62 bits per heavy atom. The lowest BCUT2D eigenvalue weighted by molar-refractivity contribution is -0.384. The number of hydrogen-bond donors (Lipinski definition) is 0. The van der Waals surface area contributed by atoms with Crippen molar-refractivity contribution < 1.29 is 13.3 Å². The standard InChI is InChI=1S/C15H18N4O4S/c1-2-17-14(9-10-16-17)15-4-3-11-18(15)24(22,23)13-7-5-12(6-8-13)19(20)21/h5-10,15H,2-4,11H2,1H3. The number of sulfonamides is 1. The molecule has 2 heterocycles. The Bertz CT molecular complexity index is 845. The average Bonchev–Trinajstić information content (AvgIpc) is 3.23. The van der Waals surface area contributed by atoms with E-state index >= 15 is 0 Å². The molecular weight excluding hydrogens is 332 g/mol. The van der Waals surface area contributed by atoms with Crippen molar-refractivity contribution in [3.05, 3.63) is 52.3 Å². The molecule has 0 aliphatic carbocycles. The van der Waals surface area contributed by atoms with E-state index in [-0.39, 0.29) is 16.6 Å². The van der Waals surface area contributed by atoms with Crippen molar-refractivity contribution in [1.82, 2.24) is 14.1 Å². The summed E-state index contributed by atoms with van der Waals surface area (Å²) < 4.78 is 29.2. The Labute approximate surface area is 139 Å². The Morgan fingerprint density at radius 1 is 1.29 bits per heavy atom. The first kappa shape index (κ1) is 16.6. The molecule has 8 nitrogen and oxygen atoms in total. The maximum Gasteiger partial charge on any atom is 0.269 e. The first-order valence-corrected chi connectivity index (χ1v) is 9.17. The lowest BCUT2D eigenvalue weighted by atomic mass is 10.1. The van der Waals surface area contributed by atoms with Gasteiger partial charge in [-0.1, -0.05) is 0 Å². The Hall–Kier alpha value is -2.26. The fraction of sp³-hybridized carbons (Fsp3) is 0.400. The molecule has 2 aromatic rings. The summed E-state index contributed by atoms with van der Waals surface area (Å²) in [5.74, 6) is 0. The number of nitro benzene ring substituents is 1. The van der Waals surface area contributed by atoms with Crippen LogP contribution >= 0.6 is 0 Å². The van der Waals surface area contributed by atoms with Crippen LogP contribution in [0.15, 0.2) is 41.4 Å². The third-order valence-electron chi connectivity index (χ3n) is 4.25. The van der Waals surface area contributed by atoms with Crippen LogP contribution < -0.4 is 0 Å². The largest absolute Gasteiger partial charge is 0.269 e. The number of nitro groups is 1. The van der Waals surface area contributed by atoms with E-state index in [1.807, 2.05) is 13.0 Å². The Kier molecular flexibility index (Phi) is 4.37. The second-order valence-corrected chi connectivity index (χ2v) is 7.49. The van der Waals surface area contributed by atoms with Crippen LogP contribution in [-0.4, -0.2) is 34.0 Å². The molecule has 1 atom stereocenters. The summed E-state index contributed by atoms with van der Waals surface area (Å²) in [4.78, 5) is 10.3. The Balaban J connectivity index is 1.95. The molecular formula is C15H18N4O4S. The van der Waals surface area contributed by atoms with Crippen LogP contribution in [0.3, 0.4) is 0 Å². The van der Waals surface area contributed by atoms with Gasteiger partial charge in [-0.25, -0.2) is 8.42 Å². The molecule has 1 fully saturated rings. The van der Waals surface area contributed by atoms with Gasteiger partial charge < -0.3 is 0 Å². The molecule has 0 amide bonds. The molecule has 1 aliphatic heterocycles. The highest BCUT2D eigenvalue weighted by molar-refractivity contribution is 7.89. The molecule has 3 rings (SSSR count). The maximum absolute atomic E-state index is 12.9. The summed E-state index contributed by atoms with van der Waals surface area (Å²) in [6.45, 7) is 3.06. The number of benzene rings is 1. The van der Waals surface area contributed by atoms with E-state index in [0.717, 1.165) is 18.5 Å². The number of nitrogens with zero attached hydrogens (tertiary/aromatic N) is 4. The lowest BCUT2D eigenvalue weighted by Crippen LogP contribution is -2.31. The van der Waals surface area contributed by atoms with Crippen LogP contribution in [0.4, 0.5) is 5.69 Å². The Morgan fingerprint density at radius 2 is 2.00 bits per heavy atom. The summed E-state index contributed by atoms with van der Waals surface area (Å²) in [6, 6.07) is 6.60. The van der Waals surface area contributed by atoms with Gasteiger partial charge in [-0.05, 0) is 38.0 Å². The van der Waals surface area contributed by atoms with Crippen LogP contribution in [0, 0.1) is 10.1 Å². The minimum Gasteiger partial charge on any atom is -0.268 e. The summed E-state index contributed by atoms with van der Waals surface area (Å²) in [7, 11) is -3.71. The van der Waals surface area contributed by atoms with Gasteiger partial charge in [0.05, 0.1) is 21.6 Å². The molecule has 0 bridgehead atoms. The van der Waals surface area contributed by atoms with Crippen molar-refractivity contribution in [2.75, 3.05) is 6.54 Å². The molecule has 1 aliphatic rings. The quantitative estimate of drug-likeness (QED) is 0.609. The lowest BCUT2D eigenvalue weighted by Gasteiger charge is -2.24. The maximum atomic E-state index is 12.9. The van der Waals surface area contributed by atoms with E-state index < -0.39 is 14.9 Å². The zero-order valence-electron chi connectivity index (χ0n) is 13.2. The van der Waals surface area contributed by atoms with Gasteiger partial charge in [-0.15, -0.1) is 0 Å². The third-order valence-corrected chi connectivity index (χ3v) is 6.17. The van der Waals surface area contributed by atoms with Gasteiger partial charge >= 0.3 is 0 Å². The van der Waals surface area contributed by atoms with Crippen LogP contribution in [0.25, 0.3) is 0 Å². The SMILES string of the molecule is CCn1nccc1C1CCCN1S(=O)(=O)c1ccc([N+](=O)[O-])cc1. The molecule has 1 unspecified atom stereocenters. The van der Waals surface area contributed by atoms with E-state index in [0.29, 0.717) is 13.1 Å². The van der Waals surface area contributed by atoms with Gasteiger partial charge in [0.2, 0.25) is 10.0 Å². The predicted octanol–water partition coefficient (Wildman–Crippen LogP) is 2.34. The summed E-state index contributed by atoms with van der Waals surface area (Å²) >= 11 is 0. The van der Waals surface area contributed by atoms with Crippen molar-refractivity contribution in [2.45, 2.75) is 37.2 Å². The van der Waals surface area contributed by atoms with Gasteiger partial charge in [0.25, 0.3) is 5.69 Å². The summed E-state index contributed by atoms with van der Waals surface area (Å²) in [5.41, 5.74) is 0.747. The van der Waals surface area contributed by atoms with Gasteiger partial charge in [0, 0.05) is 31.4 Å². The molecule has 1 aromatic carbocycles. The van der Waals surface area contributed by atoms with E-state index in [9.17, 15) is 18.5 Å². The molecule has 0 N–H and O–H groups in total. The normalized spacial score (nSPS) is 18.8. The minimum atomic E-state index is -3.71. The first-order valence-electron chi connectivity index (χ1n) is 7.73. The van der Waals surface area contributed by atoms with Crippen LogP contribution in [0.2, 0.25) is 0 Å². The predicted molar refractivity (Wildman–Crippen MR) is 86.9 cm³/mol. The number of aryl methyl sites for hydroxylation is 1. The number of non-ortho nitro benzene ring substituents is 1. The highest BCUT2D eigenvalue weighted by atomic mass is 32.2. The zero-order chi connectivity index (χ0) is 17.3. The second-order valence-electron chi connectivity index (χ2n) is 5.60. The highest BCUT2D eigenvalue weighted by Gasteiger charge is 2.37. The molecule has 24 heavy (non-hydrogen) atoms. The van der Waals surface area contributed by atoms with Gasteiger partial charge in [0.15, 0.2) is 0 Å². The van der Waals surface area contributed by atoms with Crippen LogP contribution in [0.1, 0.15) is 31.5 Å². The van der Waals surface area contributed by atoms with Gasteiger partial charge in [-0.3, -0.25) is 14.8 Å². The van der Waals surface area contributed by atoms with E-state index in [1.54, 1.807) is 10.9 Å². The molecule has 0 radical (unpaired) electrons. The third kappa shape index (κ3) is 2.80. The zero-order valence-corrected chi connectivity index (χ0v) is 14.0. The molecule has 0 spiro atoms. The summed E-state index contributed by atoms with van der Waals surface area (Å²) in [6.07, 6.45) is 3.18. The van der Waals surface area contributed by atoms with Crippen LogP contribution in [-0.2, 0) is 16.6 Å². The number of hydrogen-bond acceptors (Lipinski definition) is 5. The average molecular weight is 350 g/mol. The van der Waals surface area contributed by atoms with Gasteiger partial charge in [0.1, 0.15) is 0 Å². The van der Waals surface area contributed by atoms with E-state index in [1.165, 1.54) is 28.6 Å². The monoisotopic (exact) mass is 350 g/mol. The summed E-state index contributed by atoms with van der Waals surface area (Å²) in [5, 5.41) is 15.0. The van der Waals surface area contributed by atoms with E-state index in [2.05, 4.69) is 5.10 Å². The first-order chi connectivity index (χ1) is 11.4. The smallest absolute Gasteiger partial charge is 0.268 e. The minimum absolute atomic E-state index is 0.0718. The topological polar surface area (TPSA) is 98.3 Å².